The number of rotatable bonds is 4. The number of carbonyl (C=O) groups is 1. The van der Waals surface area contributed by atoms with E-state index >= 15 is 0 Å². The molecule has 0 saturated heterocycles. The van der Waals surface area contributed by atoms with Crippen LogP contribution < -0.4 is 10.5 Å². The van der Waals surface area contributed by atoms with Gasteiger partial charge in [-0.1, -0.05) is 0 Å². The Bertz CT molecular complexity index is 662. The number of hydrogen-bond donors (Lipinski definition) is 2. The molecule has 1 amide bonds. The van der Waals surface area contributed by atoms with E-state index in [-0.39, 0.29) is 17.3 Å². The molecule has 0 aliphatic rings. The largest absolute Gasteiger partial charge is 0.328 e. The lowest BCUT2D eigenvalue weighted by Crippen LogP contribution is -2.18. The molecular weight excluding hydrogens is 268 g/mol. The van der Waals surface area contributed by atoms with Crippen LogP contribution in [0.15, 0.2) is 47.9 Å². The van der Waals surface area contributed by atoms with Crippen LogP contribution in [0.1, 0.15) is 0 Å². The van der Waals surface area contributed by atoms with Crippen LogP contribution in [0.4, 0.5) is 5.69 Å². The molecule has 19 heavy (non-hydrogen) atoms. The van der Waals surface area contributed by atoms with E-state index in [9.17, 15) is 13.2 Å². The number of primary sulfonamides is 1. The predicted octanol–water partition coefficient (Wildman–Crippen LogP) is 0.169. The summed E-state index contributed by atoms with van der Waals surface area (Å²) >= 11 is 0. The number of sulfonamides is 1. The summed E-state index contributed by atoms with van der Waals surface area (Å²) in [7, 11) is -3.71. The van der Waals surface area contributed by atoms with Gasteiger partial charge in [-0.15, -0.1) is 0 Å². The minimum Gasteiger partial charge on any atom is -0.328 e. The minimum absolute atomic E-state index is 0.000101. The standard InChI is InChI=1S/C11H12N4O3S/c12-19(17,18)10-3-1-9(2-4-10)14-11(16)7-15-6-5-13-8-15/h1-6,8H,7H2,(H,14,16)(H2,12,17,18). The van der Waals surface area contributed by atoms with Gasteiger partial charge in [0.15, 0.2) is 0 Å². The highest BCUT2D eigenvalue weighted by atomic mass is 32.2. The molecule has 0 fully saturated rings. The van der Waals surface area contributed by atoms with E-state index in [1.54, 1.807) is 17.0 Å². The number of imidazole rings is 1. The number of benzene rings is 1. The van der Waals surface area contributed by atoms with Gasteiger partial charge >= 0.3 is 0 Å². The predicted molar refractivity (Wildman–Crippen MR) is 68.7 cm³/mol. The van der Waals surface area contributed by atoms with Gasteiger partial charge in [0.2, 0.25) is 15.9 Å². The zero-order valence-electron chi connectivity index (χ0n) is 9.85. The molecule has 100 valence electrons. The Morgan fingerprint density at radius 3 is 2.53 bits per heavy atom. The molecule has 1 aromatic carbocycles. The molecule has 3 N–H and O–H groups in total. The van der Waals surface area contributed by atoms with Gasteiger partial charge in [0.05, 0.1) is 11.2 Å². The fourth-order valence-corrected chi connectivity index (χ4v) is 1.99. The van der Waals surface area contributed by atoms with Crippen LogP contribution >= 0.6 is 0 Å². The molecule has 2 rings (SSSR count). The average Bonchev–Trinajstić information content (AvgIpc) is 2.81. The van der Waals surface area contributed by atoms with Crippen molar-refractivity contribution in [2.45, 2.75) is 11.4 Å². The first kappa shape index (κ1) is 13.2. The summed E-state index contributed by atoms with van der Waals surface area (Å²) in [6, 6.07) is 5.63. The number of anilines is 1. The third-order valence-electron chi connectivity index (χ3n) is 2.35. The van der Waals surface area contributed by atoms with Crippen molar-refractivity contribution in [2.75, 3.05) is 5.32 Å². The summed E-state index contributed by atoms with van der Waals surface area (Å²) in [5.41, 5.74) is 0.498. The van der Waals surface area contributed by atoms with Crippen LogP contribution in [-0.2, 0) is 21.4 Å². The normalized spacial score (nSPS) is 11.2. The summed E-state index contributed by atoms with van der Waals surface area (Å²) < 4.78 is 23.7. The van der Waals surface area contributed by atoms with Gasteiger partial charge in [0, 0.05) is 18.1 Å². The third kappa shape index (κ3) is 3.63. The summed E-state index contributed by atoms with van der Waals surface area (Å²) in [6.45, 7) is 0.136. The van der Waals surface area contributed by atoms with Crippen LogP contribution in [0, 0.1) is 0 Å². The number of nitrogens with one attached hydrogen (secondary N) is 1. The molecule has 0 radical (unpaired) electrons. The molecule has 8 heteroatoms. The maximum atomic E-state index is 11.7. The maximum Gasteiger partial charge on any atom is 0.244 e. The second kappa shape index (κ2) is 5.21. The van der Waals surface area contributed by atoms with Crippen molar-refractivity contribution in [3.8, 4) is 0 Å². The lowest BCUT2D eigenvalue weighted by Gasteiger charge is -2.06. The lowest BCUT2D eigenvalue weighted by atomic mass is 10.3. The van der Waals surface area contributed by atoms with E-state index in [0.29, 0.717) is 5.69 Å². The Kier molecular flexibility index (Phi) is 3.63. The summed E-state index contributed by atoms with van der Waals surface area (Å²) in [4.78, 5) is 15.5. The molecule has 1 aromatic heterocycles. The van der Waals surface area contributed by atoms with Crippen molar-refractivity contribution >= 4 is 21.6 Å². The average molecular weight is 280 g/mol. The van der Waals surface area contributed by atoms with E-state index in [1.807, 2.05) is 0 Å². The smallest absolute Gasteiger partial charge is 0.244 e. The highest BCUT2D eigenvalue weighted by molar-refractivity contribution is 7.89. The molecule has 0 spiro atoms. The monoisotopic (exact) mass is 280 g/mol. The van der Waals surface area contributed by atoms with Gasteiger partial charge in [-0.3, -0.25) is 4.79 Å². The quantitative estimate of drug-likeness (QED) is 0.832. The van der Waals surface area contributed by atoms with Crippen LogP contribution in [-0.4, -0.2) is 23.9 Å². The van der Waals surface area contributed by atoms with Crippen LogP contribution in [0.25, 0.3) is 0 Å². The second-order valence-electron chi connectivity index (χ2n) is 3.85. The Labute approximate surface area is 110 Å². The van der Waals surface area contributed by atoms with Crippen LogP contribution in [0.5, 0.6) is 0 Å². The topological polar surface area (TPSA) is 107 Å². The zero-order chi connectivity index (χ0) is 13.9. The van der Waals surface area contributed by atoms with Crippen LogP contribution in [0.3, 0.4) is 0 Å². The Morgan fingerprint density at radius 1 is 1.32 bits per heavy atom. The third-order valence-corrected chi connectivity index (χ3v) is 3.28. The van der Waals surface area contributed by atoms with E-state index in [1.165, 1.54) is 30.6 Å². The van der Waals surface area contributed by atoms with Gasteiger partial charge in [-0.25, -0.2) is 18.5 Å². The first-order chi connectivity index (χ1) is 8.95. The van der Waals surface area contributed by atoms with Crippen molar-refractivity contribution in [3.05, 3.63) is 43.0 Å². The number of aromatic nitrogens is 2. The second-order valence-corrected chi connectivity index (χ2v) is 5.41. The molecule has 0 unspecified atom stereocenters. The Balaban J connectivity index is 2.02. The summed E-state index contributed by atoms with van der Waals surface area (Å²) in [5, 5.41) is 7.61. The zero-order valence-corrected chi connectivity index (χ0v) is 10.7. The summed E-state index contributed by atoms with van der Waals surface area (Å²) in [6.07, 6.45) is 4.78. The highest BCUT2D eigenvalue weighted by Gasteiger charge is 2.08. The van der Waals surface area contributed by atoms with Crippen molar-refractivity contribution in [2.24, 2.45) is 5.14 Å². The van der Waals surface area contributed by atoms with Crippen molar-refractivity contribution in [1.82, 2.24) is 9.55 Å². The summed E-state index contributed by atoms with van der Waals surface area (Å²) in [5.74, 6) is -0.235. The van der Waals surface area contributed by atoms with Gasteiger partial charge in [-0.2, -0.15) is 0 Å². The molecule has 0 bridgehead atoms. The van der Waals surface area contributed by atoms with Gasteiger partial charge in [-0.05, 0) is 24.3 Å². The van der Waals surface area contributed by atoms with Gasteiger partial charge in [0.25, 0.3) is 0 Å². The van der Waals surface area contributed by atoms with Crippen LogP contribution in [0.2, 0.25) is 0 Å². The van der Waals surface area contributed by atoms with E-state index < -0.39 is 10.0 Å². The fourth-order valence-electron chi connectivity index (χ4n) is 1.47. The molecule has 0 aliphatic heterocycles. The Morgan fingerprint density at radius 2 is 2.00 bits per heavy atom. The number of hydrogen-bond acceptors (Lipinski definition) is 4. The minimum atomic E-state index is -3.71. The van der Waals surface area contributed by atoms with Crippen molar-refractivity contribution in [3.63, 3.8) is 0 Å². The van der Waals surface area contributed by atoms with Crippen molar-refractivity contribution < 1.29 is 13.2 Å². The fraction of sp³-hybridized carbons (Fsp3) is 0.0909. The van der Waals surface area contributed by atoms with E-state index in [0.717, 1.165) is 0 Å². The first-order valence-electron chi connectivity index (χ1n) is 5.33. The number of amides is 1. The van der Waals surface area contributed by atoms with Gasteiger partial charge < -0.3 is 9.88 Å². The number of carbonyl (C=O) groups excluding carboxylic acids is 1. The first-order valence-corrected chi connectivity index (χ1v) is 6.88. The molecule has 0 saturated carbocycles. The van der Waals surface area contributed by atoms with Gasteiger partial charge in [0.1, 0.15) is 6.54 Å². The molecule has 1 heterocycles. The van der Waals surface area contributed by atoms with E-state index in [2.05, 4.69) is 10.3 Å². The molecule has 7 nitrogen and oxygen atoms in total. The highest BCUT2D eigenvalue weighted by Crippen LogP contribution is 2.12. The maximum absolute atomic E-state index is 11.7. The molecule has 0 atom stereocenters. The van der Waals surface area contributed by atoms with E-state index in [4.69, 9.17) is 5.14 Å². The van der Waals surface area contributed by atoms with Crippen molar-refractivity contribution in [1.29, 1.82) is 0 Å². The molecule has 0 aliphatic carbocycles. The molecular formula is C11H12N4O3S. The SMILES string of the molecule is NS(=O)(=O)c1ccc(NC(=O)Cn2ccnc2)cc1. The Hall–Kier alpha value is -2.19. The molecule has 2 aromatic rings. The lowest BCUT2D eigenvalue weighted by molar-refractivity contribution is -0.116. The number of nitrogens with two attached hydrogens (primary N) is 1. The number of nitrogens with zero attached hydrogens (tertiary/aromatic N) is 2.